The minimum atomic E-state index is -4.43. The maximum Gasteiger partial charge on any atom is 0.408 e. The molecule has 1 aliphatic rings. The van der Waals surface area contributed by atoms with E-state index in [0.717, 1.165) is 22.9 Å². The standard InChI is InChI=1S/C26H29F3N6/c1-15(2)10-19-12-16(3)11-17-4-6-21(31-23(17)19)25-33-32-22-7-5-18(13-35(22)25)24(26(27,28)29)34-9-8-20(30)14-34/h4-7,11-13,15,20,24H,8-10,14,30H2,1-3H3/t20-,24+/m0/s1. The lowest BCUT2D eigenvalue weighted by Crippen LogP contribution is -2.38. The van der Waals surface area contributed by atoms with Crippen molar-refractivity contribution in [3.63, 3.8) is 0 Å². The summed E-state index contributed by atoms with van der Waals surface area (Å²) in [5, 5.41) is 9.51. The first kappa shape index (κ1) is 23.7. The summed E-state index contributed by atoms with van der Waals surface area (Å²) in [7, 11) is 0. The number of alkyl halides is 3. The van der Waals surface area contributed by atoms with Crippen LogP contribution in [0.15, 0.2) is 42.6 Å². The van der Waals surface area contributed by atoms with E-state index in [-0.39, 0.29) is 18.2 Å². The topological polar surface area (TPSA) is 72.3 Å². The summed E-state index contributed by atoms with van der Waals surface area (Å²) < 4.78 is 44.1. The molecule has 0 bridgehead atoms. The fourth-order valence-corrected chi connectivity index (χ4v) is 5.09. The molecule has 0 radical (unpaired) electrons. The Hall–Kier alpha value is -3.04. The minimum Gasteiger partial charge on any atom is -0.326 e. The number of pyridine rings is 2. The van der Waals surface area contributed by atoms with Crippen LogP contribution in [-0.4, -0.2) is 49.8 Å². The molecule has 6 nitrogen and oxygen atoms in total. The van der Waals surface area contributed by atoms with Gasteiger partial charge in [-0.1, -0.05) is 37.6 Å². The van der Waals surface area contributed by atoms with Gasteiger partial charge in [-0.25, -0.2) is 4.98 Å². The number of likely N-dealkylation sites (tertiary alicyclic amines) is 1. The second-order valence-corrected chi connectivity index (χ2v) is 9.99. The van der Waals surface area contributed by atoms with Gasteiger partial charge in [0.15, 0.2) is 11.5 Å². The molecule has 2 N–H and O–H groups in total. The molecule has 2 atom stereocenters. The van der Waals surface area contributed by atoms with Gasteiger partial charge in [0.25, 0.3) is 0 Å². The van der Waals surface area contributed by atoms with E-state index in [1.165, 1.54) is 22.7 Å². The van der Waals surface area contributed by atoms with Crippen molar-refractivity contribution in [2.45, 2.75) is 51.9 Å². The summed E-state index contributed by atoms with van der Waals surface area (Å²) in [6.07, 6.45) is -1.52. The number of fused-ring (bicyclic) bond motifs is 2. The quantitative estimate of drug-likeness (QED) is 0.429. The largest absolute Gasteiger partial charge is 0.408 e. The van der Waals surface area contributed by atoms with E-state index < -0.39 is 12.2 Å². The first-order valence-electron chi connectivity index (χ1n) is 11.9. The van der Waals surface area contributed by atoms with Gasteiger partial charge in [-0.2, -0.15) is 13.2 Å². The monoisotopic (exact) mass is 482 g/mol. The Balaban J connectivity index is 1.61. The fourth-order valence-electron chi connectivity index (χ4n) is 5.09. The van der Waals surface area contributed by atoms with Gasteiger partial charge >= 0.3 is 6.18 Å². The molecule has 1 aliphatic heterocycles. The molecule has 5 rings (SSSR count). The van der Waals surface area contributed by atoms with Crippen LogP contribution in [0.1, 0.15) is 43.0 Å². The molecule has 3 aromatic heterocycles. The second-order valence-electron chi connectivity index (χ2n) is 9.99. The van der Waals surface area contributed by atoms with Crippen molar-refractivity contribution >= 4 is 16.6 Å². The van der Waals surface area contributed by atoms with Crippen LogP contribution in [-0.2, 0) is 6.42 Å². The Labute approximate surface area is 202 Å². The lowest BCUT2D eigenvalue weighted by molar-refractivity contribution is -0.183. The molecule has 0 spiro atoms. The highest BCUT2D eigenvalue weighted by atomic mass is 19.4. The van der Waals surface area contributed by atoms with Crippen LogP contribution >= 0.6 is 0 Å². The molecule has 0 amide bonds. The number of benzene rings is 1. The number of rotatable bonds is 5. The first-order chi connectivity index (χ1) is 16.6. The van der Waals surface area contributed by atoms with E-state index in [4.69, 9.17) is 10.7 Å². The number of nitrogens with zero attached hydrogens (tertiary/aromatic N) is 5. The van der Waals surface area contributed by atoms with Crippen LogP contribution in [0.5, 0.6) is 0 Å². The zero-order valence-electron chi connectivity index (χ0n) is 20.0. The second kappa shape index (κ2) is 8.87. The molecular formula is C26H29F3N6. The van der Waals surface area contributed by atoms with E-state index >= 15 is 0 Å². The number of hydrogen-bond acceptors (Lipinski definition) is 5. The lowest BCUT2D eigenvalue weighted by Gasteiger charge is -2.30. The van der Waals surface area contributed by atoms with Crippen molar-refractivity contribution < 1.29 is 13.2 Å². The van der Waals surface area contributed by atoms with Crippen LogP contribution in [0.3, 0.4) is 0 Å². The molecule has 0 saturated carbocycles. The van der Waals surface area contributed by atoms with Crippen LogP contribution < -0.4 is 5.73 Å². The van der Waals surface area contributed by atoms with Gasteiger partial charge in [0.05, 0.1) is 5.52 Å². The summed E-state index contributed by atoms with van der Waals surface area (Å²) in [6, 6.07) is 9.15. The summed E-state index contributed by atoms with van der Waals surface area (Å²) >= 11 is 0. The lowest BCUT2D eigenvalue weighted by atomic mass is 9.97. The summed E-state index contributed by atoms with van der Waals surface area (Å²) in [5.74, 6) is 0.874. The average molecular weight is 483 g/mol. The van der Waals surface area contributed by atoms with Gasteiger partial charge in [0.2, 0.25) is 0 Å². The highest BCUT2D eigenvalue weighted by Crippen LogP contribution is 2.39. The molecule has 1 aromatic carbocycles. The van der Waals surface area contributed by atoms with Crippen molar-refractivity contribution in [2.75, 3.05) is 13.1 Å². The van der Waals surface area contributed by atoms with E-state index in [1.54, 1.807) is 10.5 Å². The third kappa shape index (κ3) is 4.62. The van der Waals surface area contributed by atoms with Crippen molar-refractivity contribution in [3.8, 4) is 11.5 Å². The van der Waals surface area contributed by atoms with Gasteiger partial charge in [-0.05, 0) is 55.0 Å². The minimum absolute atomic E-state index is 0.136. The fraction of sp³-hybridized carbons (Fsp3) is 0.423. The van der Waals surface area contributed by atoms with Crippen molar-refractivity contribution in [1.82, 2.24) is 24.5 Å². The highest BCUT2D eigenvalue weighted by Gasteiger charge is 2.46. The Morgan fingerprint density at radius 3 is 2.60 bits per heavy atom. The number of halogens is 3. The molecule has 1 fully saturated rings. The van der Waals surface area contributed by atoms with Gasteiger partial charge in [-0.15, -0.1) is 10.2 Å². The van der Waals surface area contributed by atoms with Gasteiger partial charge in [-0.3, -0.25) is 9.30 Å². The van der Waals surface area contributed by atoms with Crippen molar-refractivity contribution in [1.29, 1.82) is 0 Å². The van der Waals surface area contributed by atoms with E-state index in [9.17, 15) is 13.2 Å². The summed E-state index contributed by atoms with van der Waals surface area (Å²) in [4.78, 5) is 6.31. The summed E-state index contributed by atoms with van der Waals surface area (Å²) in [5.41, 5.74) is 10.3. The molecule has 35 heavy (non-hydrogen) atoms. The van der Waals surface area contributed by atoms with Gasteiger partial charge < -0.3 is 5.73 Å². The van der Waals surface area contributed by atoms with Gasteiger partial charge in [0, 0.05) is 30.7 Å². The predicted octanol–water partition coefficient (Wildman–Crippen LogP) is 5.09. The zero-order chi connectivity index (χ0) is 24.9. The van der Waals surface area contributed by atoms with Crippen molar-refractivity contribution in [2.24, 2.45) is 11.7 Å². The Morgan fingerprint density at radius 2 is 1.91 bits per heavy atom. The van der Waals surface area contributed by atoms with Crippen LogP contribution in [0.4, 0.5) is 13.2 Å². The van der Waals surface area contributed by atoms with E-state index in [1.807, 2.05) is 12.1 Å². The van der Waals surface area contributed by atoms with Crippen LogP contribution in [0, 0.1) is 12.8 Å². The third-order valence-electron chi connectivity index (χ3n) is 6.55. The first-order valence-corrected chi connectivity index (χ1v) is 11.9. The molecule has 1 saturated heterocycles. The number of aromatic nitrogens is 4. The number of aryl methyl sites for hydroxylation is 1. The highest BCUT2D eigenvalue weighted by molar-refractivity contribution is 5.84. The average Bonchev–Trinajstić information content (AvgIpc) is 3.38. The van der Waals surface area contributed by atoms with Crippen LogP contribution in [0.25, 0.3) is 28.1 Å². The summed E-state index contributed by atoms with van der Waals surface area (Å²) in [6.45, 7) is 6.91. The van der Waals surface area contributed by atoms with Gasteiger partial charge in [0.1, 0.15) is 11.7 Å². The Bertz CT molecular complexity index is 1380. The third-order valence-corrected chi connectivity index (χ3v) is 6.55. The predicted molar refractivity (Wildman–Crippen MR) is 130 cm³/mol. The van der Waals surface area contributed by atoms with Crippen molar-refractivity contribution in [3.05, 3.63) is 59.3 Å². The maximum atomic E-state index is 14.2. The smallest absolute Gasteiger partial charge is 0.326 e. The maximum absolute atomic E-state index is 14.2. The Kier molecular flexibility index (Phi) is 6.01. The molecular weight excluding hydrogens is 453 g/mol. The number of nitrogens with two attached hydrogens (primary N) is 1. The Morgan fingerprint density at radius 1 is 1.11 bits per heavy atom. The molecule has 184 valence electrons. The van der Waals surface area contributed by atoms with Crippen LogP contribution in [0.2, 0.25) is 0 Å². The zero-order valence-corrected chi connectivity index (χ0v) is 20.0. The number of hydrogen-bond donors (Lipinski definition) is 1. The molecule has 0 aliphatic carbocycles. The normalized spacial score (nSPS) is 18.2. The van der Waals surface area contributed by atoms with E-state index in [2.05, 4.69) is 43.1 Å². The molecule has 0 unspecified atom stereocenters. The molecule has 4 aromatic rings. The molecule has 4 heterocycles. The SMILES string of the molecule is Cc1cc(CC(C)C)c2nc(-c3nnc4ccc([C@@H](N5CC[C@H](N)C5)C(F)(F)F)cn34)ccc2c1. The molecule has 9 heteroatoms. The van der Waals surface area contributed by atoms with E-state index in [0.29, 0.717) is 36.0 Å².